The molecule has 196 valence electrons. The van der Waals surface area contributed by atoms with Gasteiger partial charge in [0.25, 0.3) is 0 Å². The number of halogens is 1. The van der Waals surface area contributed by atoms with E-state index in [1.165, 1.54) is 12.3 Å². The van der Waals surface area contributed by atoms with Gasteiger partial charge < -0.3 is 24.5 Å². The summed E-state index contributed by atoms with van der Waals surface area (Å²) in [5, 5.41) is 11.3. The lowest BCUT2D eigenvalue weighted by Crippen LogP contribution is -2.41. The zero-order valence-electron chi connectivity index (χ0n) is 22.3. The van der Waals surface area contributed by atoms with Crippen molar-refractivity contribution in [1.82, 2.24) is 0 Å². The van der Waals surface area contributed by atoms with Crippen LogP contribution in [-0.2, 0) is 18.8 Å². The highest BCUT2D eigenvalue weighted by atomic mass is 127. The number of anilines is 1. The Morgan fingerprint density at radius 1 is 1.08 bits per heavy atom. The second-order valence-electron chi connectivity index (χ2n) is 9.72. The van der Waals surface area contributed by atoms with Crippen molar-refractivity contribution in [1.29, 1.82) is 5.41 Å². The standard InChI is InChI=1S/C28H35BIN2O4P/c1-7-23(29-35-27(3,4)28(5,6)36-29)26(21-14-15-24(32-37-30)22(17-21)18-31)20-12-9-19(10-13-20)11-16-25(33)34-8-2/h9-18,31-32,37H,7-8H2,1-6H3/b16-11+,26-23+,31-18?. The normalized spacial score (nSPS) is 17.3. The summed E-state index contributed by atoms with van der Waals surface area (Å²) in [6.45, 7) is 12.5. The number of nitrogens with one attached hydrogen (secondary N) is 2. The Morgan fingerprint density at radius 3 is 2.24 bits per heavy atom. The van der Waals surface area contributed by atoms with Crippen LogP contribution in [0.15, 0.2) is 54.0 Å². The van der Waals surface area contributed by atoms with Crippen molar-refractivity contribution in [3.8, 4) is 0 Å². The van der Waals surface area contributed by atoms with E-state index in [0.29, 0.717) is 13.0 Å². The Labute approximate surface area is 235 Å². The van der Waals surface area contributed by atoms with E-state index in [4.69, 9.17) is 19.5 Å². The minimum atomic E-state index is -0.495. The second-order valence-corrected chi connectivity index (χ2v) is 11.8. The molecule has 1 aliphatic heterocycles. The molecule has 0 aliphatic carbocycles. The van der Waals surface area contributed by atoms with Crippen LogP contribution < -0.4 is 5.09 Å². The first-order chi connectivity index (χ1) is 17.6. The van der Waals surface area contributed by atoms with Crippen molar-refractivity contribution in [3.05, 3.63) is 76.3 Å². The molecule has 1 unspecified atom stereocenters. The van der Waals surface area contributed by atoms with E-state index in [1.807, 2.05) is 36.4 Å². The van der Waals surface area contributed by atoms with E-state index in [2.05, 4.69) is 67.8 Å². The monoisotopic (exact) mass is 632 g/mol. The summed E-state index contributed by atoms with van der Waals surface area (Å²) in [7, 11) is -0.495. The average molecular weight is 632 g/mol. The van der Waals surface area contributed by atoms with E-state index in [1.54, 1.807) is 13.0 Å². The van der Waals surface area contributed by atoms with Crippen LogP contribution in [0.5, 0.6) is 0 Å². The fourth-order valence-electron chi connectivity index (χ4n) is 4.10. The molecule has 0 aromatic heterocycles. The third-order valence-corrected chi connectivity index (χ3v) is 7.99. The number of rotatable bonds is 10. The summed E-state index contributed by atoms with van der Waals surface area (Å²) in [6, 6.07) is 14.2. The van der Waals surface area contributed by atoms with E-state index in [9.17, 15) is 4.79 Å². The molecule has 9 heteroatoms. The molecule has 3 rings (SSSR count). The zero-order valence-corrected chi connectivity index (χ0v) is 25.4. The molecule has 1 aliphatic rings. The largest absolute Gasteiger partial charge is 0.491 e. The Balaban J connectivity index is 2.14. The molecule has 0 amide bonds. The predicted molar refractivity (Wildman–Crippen MR) is 165 cm³/mol. The highest BCUT2D eigenvalue weighted by Crippen LogP contribution is 2.42. The lowest BCUT2D eigenvalue weighted by molar-refractivity contribution is -0.137. The van der Waals surface area contributed by atoms with Gasteiger partial charge in [-0.05, 0) is 109 Å². The quantitative estimate of drug-likeness (QED) is 0.0711. The molecule has 0 saturated carbocycles. The van der Waals surface area contributed by atoms with Crippen LogP contribution in [0.1, 0.15) is 70.2 Å². The van der Waals surface area contributed by atoms with Gasteiger partial charge in [0.1, 0.15) is 0 Å². The zero-order chi connectivity index (χ0) is 27.2. The van der Waals surface area contributed by atoms with E-state index in [0.717, 1.165) is 45.4 Å². The average Bonchev–Trinajstić information content (AvgIpc) is 3.08. The first kappa shape index (κ1) is 29.6. The molecular formula is C28H35BIN2O4P. The van der Waals surface area contributed by atoms with Gasteiger partial charge in [0.15, 0.2) is 0 Å². The molecule has 1 saturated heterocycles. The van der Waals surface area contributed by atoms with Gasteiger partial charge in [0.05, 0.1) is 17.8 Å². The van der Waals surface area contributed by atoms with Gasteiger partial charge in [-0.3, -0.25) is 0 Å². The van der Waals surface area contributed by atoms with Crippen LogP contribution in [0.2, 0.25) is 0 Å². The van der Waals surface area contributed by atoms with Gasteiger partial charge in [-0.15, -0.1) is 0 Å². The van der Waals surface area contributed by atoms with Crippen LogP contribution >= 0.6 is 28.4 Å². The molecule has 0 bridgehead atoms. The minimum Gasteiger partial charge on any atom is -0.463 e. The van der Waals surface area contributed by atoms with Crippen LogP contribution in [0.4, 0.5) is 5.69 Å². The molecule has 1 atom stereocenters. The summed E-state index contributed by atoms with van der Waals surface area (Å²) in [5.41, 5.74) is 5.79. The van der Waals surface area contributed by atoms with Gasteiger partial charge >= 0.3 is 13.1 Å². The molecule has 2 N–H and O–H groups in total. The summed E-state index contributed by atoms with van der Waals surface area (Å²) in [5.74, 6) is -0.360. The number of benzene rings is 2. The van der Waals surface area contributed by atoms with Crippen molar-refractivity contribution in [2.45, 2.75) is 59.2 Å². The number of carbonyl (C=O) groups is 1. The van der Waals surface area contributed by atoms with Gasteiger partial charge in [-0.25, -0.2) is 4.79 Å². The fraction of sp³-hybridized carbons (Fsp3) is 0.357. The number of allylic oxidation sites excluding steroid dienone is 1. The van der Waals surface area contributed by atoms with E-state index in [-0.39, 0.29) is 5.97 Å². The van der Waals surface area contributed by atoms with Crippen LogP contribution in [0.3, 0.4) is 0 Å². The maximum atomic E-state index is 11.7. The van der Waals surface area contributed by atoms with Crippen molar-refractivity contribution < 1.29 is 18.8 Å². The SMILES string of the molecule is CCOC(=O)/C=C/c1ccc(/C(=C(/CC)B2OC(C)(C)C(C)(C)O2)c2ccc(NPI)c(C=N)c2)cc1. The maximum absolute atomic E-state index is 11.7. The van der Waals surface area contributed by atoms with Crippen LogP contribution in [0.25, 0.3) is 11.6 Å². The van der Waals surface area contributed by atoms with Crippen LogP contribution in [-0.4, -0.2) is 37.1 Å². The molecule has 0 spiro atoms. The highest BCUT2D eigenvalue weighted by Gasteiger charge is 2.52. The Hall–Kier alpha value is -2.00. The lowest BCUT2D eigenvalue weighted by Gasteiger charge is -2.32. The number of carbonyl (C=O) groups excluding carboxylic acids is 1. The molecule has 37 heavy (non-hydrogen) atoms. The van der Waals surface area contributed by atoms with E-state index >= 15 is 0 Å². The summed E-state index contributed by atoms with van der Waals surface area (Å²) in [6.07, 6.45) is 5.80. The van der Waals surface area contributed by atoms with Gasteiger partial charge in [-0.2, -0.15) is 0 Å². The third kappa shape index (κ3) is 6.91. The first-order valence-corrected chi connectivity index (χ1v) is 16.5. The number of hydrogen-bond donors (Lipinski definition) is 2. The minimum absolute atomic E-state index is 0.347. The summed E-state index contributed by atoms with van der Waals surface area (Å²) < 4.78 is 17.9. The first-order valence-electron chi connectivity index (χ1n) is 12.4. The number of ether oxygens (including phenoxy) is 1. The molecule has 1 heterocycles. The number of hydrogen-bond acceptors (Lipinski definition) is 6. The van der Waals surface area contributed by atoms with Crippen molar-refractivity contribution in [3.63, 3.8) is 0 Å². The van der Waals surface area contributed by atoms with Gasteiger partial charge in [0, 0.05) is 29.9 Å². The highest BCUT2D eigenvalue weighted by molar-refractivity contribution is 14.2. The predicted octanol–water partition coefficient (Wildman–Crippen LogP) is 7.46. The number of esters is 1. The Bertz CT molecular complexity index is 1180. The Morgan fingerprint density at radius 2 is 1.70 bits per heavy atom. The summed E-state index contributed by atoms with van der Waals surface area (Å²) >= 11 is 2.29. The van der Waals surface area contributed by atoms with Gasteiger partial charge in [0.2, 0.25) is 0 Å². The topological polar surface area (TPSA) is 80.6 Å². The molecule has 2 aromatic rings. The molecule has 1 fully saturated rings. The Kier molecular flexibility index (Phi) is 10.1. The molecular weight excluding hydrogens is 597 g/mol. The van der Waals surface area contributed by atoms with Gasteiger partial charge in [-0.1, -0.05) is 37.3 Å². The molecule has 6 nitrogen and oxygen atoms in total. The smallest absolute Gasteiger partial charge is 0.463 e. The van der Waals surface area contributed by atoms with E-state index < -0.39 is 18.3 Å². The molecule has 2 aromatic carbocycles. The van der Waals surface area contributed by atoms with Crippen LogP contribution in [0, 0.1) is 5.41 Å². The van der Waals surface area contributed by atoms with Crippen molar-refractivity contribution in [2.24, 2.45) is 0 Å². The maximum Gasteiger partial charge on any atom is 0.491 e. The van der Waals surface area contributed by atoms with Crippen molar-refractivity contribution >= 4 is 65.1 Å². The fourth-order valence-corrected chi connectivity index (χ4v) is 5.30. The molecule has 0 radical (unpaired) electrons. The lowest BCUT2D eigenvalue weighted by atomic mass is 9.70. The summed E-state index contributed by atoms with van der Waals surface area (Å²) in [4.78, 5) is 11.7. The second kappa shape index (κ2) is 12.7. The van der Waals surface area contributed by atoms with Crippen molar-refractivity contribution in [2.75, 3.05) is 11.7 Å². The third-order valence-electron chi connectivity index (χ3n) is 6.82.